The van der Waals surface area contributed by atoms with Gasteiger partial charge < -0.3 is 14.5 Å². The fourth-order valence-corrected chi connectivity index (χ4v) is 2.73. The highest BCUT2D eigenvalue weighted by atomic mass is 19.1. The van der Waals surface area contributed by atoms with Gasteiger partial charge in [0.05, 0.1) is 0 Å². The molecule has 3 aromatic carbocycles. The van der Waals surface area contributed by atoms with E-state index in [1.165, 1.54) is 24.3 Å². The molecule has 1 aromatic heterocycles. The molecule has 0 atom stereocenters. The Bertz CT molecular complexity index is 1120. The number of carbonyl (C=O) groups is 1. The first kappa shape index (κ1) is 17.7. The number of benzene rings is 3. The third kappa shape index (κ3) is 4.01. The zero-order valence-electron chi connectivity index (χ0n) is 15.1. The second-order valence-corrected chi connectivity index (χ2v) is 6.36. The molecule has 1 N–H and O–H groups in total. The number of carbonyl (C=O) groups excluding carboxylic acids is 1. The third-order valence-corrected chi connectivity index (χ3v) is 4.14. The predicted octanol–water partition coefficient (Wildman–Crippen LogP) is 4.96. The summed E-state index contributed by atoms with van der Waals surface area (Å²) in [6.07, 6.45) is 0. The number of hydrogen-bond acceptors (Lipinski definition) is 4. The van der Waals surface area contributed by atoms with E-state index in [4.69, 9.17) is 9.15 Å². The molecule has 28 heavy (non-hydrogen) atoms. The summed E-state index contributed by atoms with van der Waals surface area (Å²) in [6.45, 7) is 1.84. The van der Waals surface area contributed by atoms with E-state index < -0.39 is 0 Å². The highest BCUT2D eigenvalue weighted by Gasteiger charge is 2.09. The van der Waals surface area contributed by atoms with Crippen LogP contribution in [0.1, 0.15) is 5.56 Å². The van der Waals surface area contributed by atoms with Crippen LogP contribution in [0.5, 0.6) is 5.75 Å². The van der Waals surface area contributed by atoms with Gasteiger partial charge in [-0.2, -0.15) is 0 Å². The minimum atomic E-state index is -0.356. The lowest BCUT2D eigenvalue weighted by molar-refractivity contribution is -0.118. The van der Waals surface area contributed by atoms with Gasteiger partial charge in [0, 0.05) is 11.3 Å². The SMILES string of the molecule is Cc1ccc2oc(-c3ccc(NC(=O)COc4ccc(F)cc4)cc3)nc2c1. The van der Waals surface area contributed by atoms with Gasteiger partial charge in [-0.05, 0) is 73.2 Å². The van der Waals surface area contributed by atoms with Crippen molar-refractivity contribution < 1.29 is 18.3 Å². The number of nitrogens with zero attached hydrogens (tertiary/aromatic N) is 1. The van der Waals surface area contributed by atoms with Crippen LogP contribution in [-0.2, 0) is 4.79 Å². The van der Waals surface area contributed by atoms with Gasteiger partial charge >= 0.3 is 0 Å². The monoisotopic (exact) mass is 376 g/mol. The fraction of sp³-hybridized carbons (Fsp3) is 0.0909. The molecule has 0 saturated carbocycles. The summed E-state index contributed by atoms with van der Waals surface area (Å²) in [6, 6.07) is 18.5. The minimum Gasteiger partial charge on any atom is -0.484 e. The Balaban J connectivity index is 1.39. The number of halogens is 1. The van der Waals surface area contributed by atoms with E-state index in [0.717, 1.165) is 22.2 Å². The second-order valence-electron chi connectivity index (χ2n) is 6.36. The number of rotatable bonds is 5. The van der Waals surface area contributed by atoms with Crippen LogP contribution in [0.2, 0.25) is 0 Å². The van der Waals surface area contributed by atoms with Gasteiger partial charge in [0.25, 0.3) is 5.91 Å². The van der Waals surface area contributed by atoms with Crippen molar-refractivity contribution in [2.75, 3.05) is 11.9 Å². The van der Waals surface area contributed by atoms with E-state index >= 15 is 0 Å². The number of oxazole rings is 1. The predicted molar refractivity (Wildman–Crippen MR) is 105 cm³/mol. The van der Waals surface area contributed by atoms with Crippen LogP contribution in [0, 0.1) is 12.7 Å². The van der Waals surface area contributed by atoms with Gasteiger partial charge in [0.1, 0.15) is 17.1 Å². The Labute approximate surface area is 160 Å². The molecule has 1 amide bonds. The Hall–Kier alpha value is -3.67. The van der Waals surface area contributed by atoms with E-state index in [0.29, 0.717) is 17.3 Å². The summed E-state index contributed by atoms with van der Waals surface area (Å²) in [7, 11) is 0. The number of hydrogen-bond donors (Lipinski definition) is 1. The minimum absolute atomic E-state index is 0.169. The van der Waals surface area contributed by atoms with Crippen LogP contribution in [0.15, 0.2) is 71.1 Å². The Morgan fingerprint density at radius 2 is 1.82 bits per heavy atom. The van der Waals surface area contributed by atoms with Crippen molar-refractivity contribution in [2.45, 2.75) is 6.92 Å². The normalized spacial score (nSPS) is 10.8. The van der Waals surface area contributed by atoms with E-state index in [1.54, 1.807) is 12.1 Å². The highest BCUT2D eigenvalue weighted by molar-refractivity contribution is 5.92. The van der Waals surface area contributed by atoms with Crippen LogP contribution >= 0.6 is 0 Å². The topological polar surface area (TPSA) is 64.4 Å². The molecule has 0 aliphatic carbocycles. The van der Waals surface area contributed by atoms with Crippen molar-refractivity contribution in [3.05, 3.63) is 78.1 Å². The molecule has 0 spiro atoms. The number of ether oxygens (including phenoxy) is 1. The number of fused-ring (bicyclic) bond motifs is 1. The Kier molecular flexibility index (Phi) is 4.76. The lowest BCUT2D eigenvalue weighted by Gasteiger charge is -2.07. The maximum absolute atomic E-state index is 12.9. The third-order valence-electron chi connectivity index (χ3n) is 4.14. The van der Waals surface area contributed by atoms with Crippen LogP contribution in [0.3, 0.4) is 0 Å². The molecular weight excluding hydrogens is 359 g/mol. The molecule has 0 unspecified atom stereocenters. The zero-order chi connectivity index (χ0) is 19.5. The molecule has 0 saturated heterocycles. The number of anilines is 1. The Morgan fingerprint density at radius 1 is 1.07 bits per heavy atom. The molecular formula is C22H17FN2O3. The van der Waals surface area contributed by atoms with Gasteiger partial charge in [-0.1, -0.05) is 6.07 Å². The van der Waals surface area contributed by atoms with E-state index in [1.807, 2.05) is 37.3 Å². The smallest absolute Gasteiger partial charge is 0.262 e. The maximum atomic E-state index is 12.9. The number of nitrogens with one attached hydrogen (secondary N) is 1. The lowest BCUT2D eigenvalue weighted by atomic mass is 10.2. The first-order valence-electron chi connectivity index (χ1n) is 8.73. The Morgan fingerprint density at radius 3 is 2.57 bits per heavy atom. The summed E-state index contributed by atoms with van der Waals surface area (Å²) in [4.78, 5) is 16.5. The van der Waals surface area contributed by atoms with Crippen molar-refractivity contribution in [3.8, 4) is 17.2 Å². The molecule has 0 aliphatic heterocycles. The van der Waals surface area contributed by atoms with Crippen LogP contribution in [-0.4, -0.2) is 17.5 Å². The quantitative estimate of drug-likeness (QED) is 0.535. The van der Waals surface area contributed by atoms with E-state index in [-0.39, 0.29) is 18.3 Å². The molecule has 140 valence electrons. The molecule has 4 rings (SSSR count). The summed E-state index contributed by atoms with van der Waals surface area (Å²) < 4.78 is 24.0. The van der Waals surface area contributed by atoms with Gasteiger partial charge in [-0.25, -0.2) is 9.37 Å². The maximum Gasteiger partial charge on any atom is 0.262 e. The average Bonchev–Trinajstić information content (AvgIpc) is 3.11. The van der Waals surface area contributed by atoms with Crippen molar-refractivity contribution in [1.82, 2.24) is 4.98 Å². The summed E-state index contributed by atoms with van der Waals surface area (Å²) in [5.41, 5.74) is 4.10. The molecule has 4 aromatic rings. The second kappa shape index (κ2) is 7.52. The van der Waals surface area contributed by atoms with Crippen LogP contribution in [0.4, 0.5) is 10.1 Å². The fourth-order valence-electron chi connectivity index (χ4n) is 2.73. The van der Waals surface area contributed by atoms with Crippen LogP contribution in [0.25, 0.3) is 22.6 Å². The van der Waals surface area contributed by atoms with E-state index in [9.17, 15) is 9.18 Å². The van der Waals surface area contributed by atoms with Gasteiger partial charge in [-0.15, -0.1) is 0 Å². The molecule has 0 bridgehead atoms. The molecule has 6 heteroatoms. The van der Waals surface area contributed by atoms with Gasteiger partial charge in [0.15, 0.2) is 12.2 Å². The van der Waals surface area contributed by atoms with Crippen LogP contribution < -0.4 is 10.1 Å². The van der Waals surface area contributed by atoms with Crippen molar-refractivity contribution in [2.24, 2.45) is 0 Å². The first-order valence-corrected chi connectivity index (χ1v) is 8.73. The zero-order valence-corrected chi connectivity index (χ0v) is 15.1. The highest BCUT2D eigenvalue weighted by Crippen LogP contribution is 2.26. The molecule has 0 aliphatic rings. The number of aromatic nitrogens is 1. The summed E-state index contributed by atoms with van der Waals surface area (Å²) in [5, 5.41) is 2.75. The number of aryl methyl sites for hydroxylation is 1. The molecule has 0 radical (unpaired) electrons. The average molecular weight is 376 g/mol. The van der Waals surface area contributed by atoms with Crippen molar-refractivity contribution in [1.29, 1.82) is 0 Å². The summed E-state index contributed by atoms with van der Waals surface area (Å²) >= 11 is 0. The van der Waals surface area contributed by atoms with Crippen molar-refractivity contribution in [3.63, 3.8) is 0 Å². The largest absolute Gasteiger partial charge is 0.484 e. The van der Waals surface area contributed by atoms with Gasteiger partial charge in [0.2, 0.25) is 5.89 Å². The van der Waals surface area contributed by atoms with Crippen molar-refractivity contribution >= 4 is 22.7 Å². The number of amides is 1. The summed E-state index contributed by atoms with van der Waals surface area (Å²) in [5.74, 6) is 0.289. The molecule has 5 nitrogen and oxygen atoms in total. The molecule has 0 fully saturated rings. The lowest BCUT2D eigenvalue weighted by Crippen LogP contribution is -2.20. The molecule has 1 heterocycles. The van der Waals surface area contributed by atoms with Gasteiger partial charge in [-0.3, -0.25) is 4.79 Å². The first-order chi connectivity index (χ1) is 13.6. The standard InChI is InChI=1S/C22H17FN2O3/c1-14-2-11-20-19(12-14)25-22(28-20)15-3-7-17(8-4-15)24-21(26)13-27-18-9-5-16(23)6-10-18/h2-12H,13H2,1H3,(H,24,26). The van der Waals surface area contributed by atoms with E-state index in [2.05, 4.69) is 10.3 Å².